The molecule has 3 rings (SSSR count). The Bertz CT molecular complexity index is 825. The number of pyridine rings is 1. The average Bonchev–Trinajstić information content (AvgIpc) is 2.61. The number of para-hydroxylation sites is 1. The van der Waals surface area contributed by atoms with Gasteiger partial charge in [0.15, 0.2) is 11.6 Å². The molecule has 5 heteroatoms. The van der Waals surface area contributed by atoms with Crippen molar-refractivity contribution < 1.29 is 10.2 Å². The molecule has 1 unspecified atom stereocenters. The number of rotatable bonds is 4. The normalized spacial score (nSPS) is 20.2. The molecule has 24 heavy (non-hydrogen) atoms. The van der Waals surface area contributed by atoms with Crippen molar-refractivity contribution >= 4 is 24.1 Å². The van der Waals surface area contributed by atoms with Gasteiger partial charge in [-0.2, -0.15) is 0 Å². The van der Waals surface area contributed by atoms with Crippen LogP contribution >= 0.6 is 0 Å². The molecule has 0 fully saturated rings. The van der Waals surface area contributed by atoms with Crippen molar-refractivity contribution in [3.05, 3.63) is 72.3 Å². The molecule has 0 aliphatic heterocycles. The van der Waals surface area contributed by atoms with Crippen LogP contribution in [0.2, 0.25) is 0 Å². The van der Waals surface area contributed by atoms with Crippen LogP contribution < -0.4 is 0 Å². The van der Waals surface area contributed by atoms with Gasteiger partial charge < -0.3 is 10.2 Å². The van der Waals surface area contributed by atoms with E-state index < -0.39 is 6.10 Å². The summed E-state index contributed by atoms with van der Waals surface area (Å²) in [4.78, 5) is 12.9. The van der Waals surface area contributed by atoms with E-state index >= 15 is 0 Å². The smallest absolute Gasteiger partial charge is 0.154 e. The van der Waals surface area contributed by atoms with E-state index in [0.717, 1.165) is 0 Å². The molecule has 120 valence electrons. The minimum Gasteiger partial charge on any atom is -0.507 e. The lowest BCUT2D eigenvalue weighted by Gasteiger charge is -2.14. The highest BCUT2D eigenvalue weighted by Crippen LogP contribution is 2.18. The number of aliphatic imine (C=N–C) groups is 2. The Balaban J connectivity index is 1.74. The minimum atomic E-state index is -0.569. The molecule has 2 N–H and O–H groups in total. The fraction of sp³-hybridized carbons (Fsp3) is 0.105. The first-order valence-electron chi connectivity index (χ1n) is 7.59. The van der Waals surface area contributed by atoms with Crippen molar-refractivity contribution in [1.82, 2.24) is 4.98 Å². The van der Waals surface area contributed by atoms with Crippen LogP contribution in [0.5, 0.6) is 5.75 Å². The lowest BCUT2D eigenvalue weighted by molar-refractivity contribution is 0.204. The molecule has 0 radical (unpaired) electrons. The quantitative estimate of drug-likeness (QED) is 0.848. The molecule has 1 aromatic carbocycles. The van der Waals surface area contributed by atoms with Crippen LogP contribution in [0.4, 0.5) is 11.6 Å². The predicted octanol–water partition coefficient (Wildman–Crippen LogP) is 3.34. The summed E-state index contributed by atoms with van der Waals surface area (Å²) < 4.78 is 0. The number of hydrogen-bond donors (Lipinski definition) is 2. The summed E-state index contributed by atoms with van der Waals surface area (Å²) in [5.74, 6) is 1.01. The van der Waals surface area contributed by atoms with Crippen LogP contribution in [0.3, 0.4) is 0 Å². The van der Waals surface area contributed by atoms with Gasteiger partial charge in [-0.25, -0.2) is 15.0 Å². The zero-order chi connectivity index (χ0) is 16.8. The Morgan fingerprint density at radius 1 is 0.917 bits per heavy atom. The van der Waals surface area contributed by atoms with Crippen LogP contribution in [0, 0.1) is 5.92 Å². The van der Waals surface area contributed by atoms with Crippen molar-refractivity contribution in [2.75, 3.05) is 0 Å². The second kappa shape index (κ2) is 7.48. The van der Waals surface area contributed by atoms with E-state index in [1.165, 1.54) is 0 Å². The van der Waals surface area contributed by atoms with Crippen LogP contribution in [0.15, 0.2) is 76.8 Å². The van der Waals surface area contributed by atoms with Crippen LogP contribution in [-0.4, -0.2) is 33.7 Å². The summed E-state index contributed by atoms with van der Waals surface area (Å²) in [5.41, 5.74) is 0.621. The lowest BCUT2D eigenvalue weighted by Crippen LogP contribution is -2.18. The third-order valence-corrected chi connectivity index (χ3v) is 3.52. The number of phenolic OH excluding ortho intramolecular Hbond substituents is 1. The fourth-order valence-corrected chi connectivity index (χ4v) is 2.20. The van der Waals surface area contributed by atoms with Gasteiger partial charge in [-0.1, -0.05) is 42.5 Å². The maximum Gasteiger partial charge on any atom is 0.154 e. The number of nitrogens with zero attached hydrogens (tertiary/aromatic N) is 3. The molecule has 0 saturated heterocycles. The highest BCUT2D eigenvalue weighted by atomic mass is 16.3. The zero-order valence-corrected chi connectivity index (χ0v) is 12.9. The summed E-state index contributed by atoms with van der Waals surface area (Å²) in [6, 6.07) is 12.3. The van der Waals surface area contributed by atoms with Crippen molar-refractivity contribution in [1.29, 1.82) is 0 Å². The maximum absolute atomic E-state index is 9.84. The van der Waals surface area contributed by atoms with Crippen molar-refractivity contribution in [2.24, 2.45) is 15.9 Å². The summed E-state index contributed by atoms with van der Waals surface area (Å²) in [7, 11) is 0. The first kappa shape index (κ1) is 15.8. The van der Waals surface area contributed by atoms with E-state index in [0.29, 0.717) is 17.2 Å². The van der Waals surface area contributed by atoms with Crippen molar-refractivity contribution in [2.45, 2.75) is 6.10 Å². The Hall–Kier alpha value is -3.05. The molecule has 0 spiro atoms. The molecular weight excluding hydrogens is 302 g/mol. The van der Waals surface area contributed by atoms with Gasteiger partial charge >= 0.3 is 0 Å². The van der Waals surface area contributed by atoms with Gasteiger partial charge in [0, 0.05) is 23.9 Å². The first-order chi connectivity index (χ1) is 11.7. The van der Waals surface area contributed by atoms with Crippen molar-refractivity contribution in [3.63, 3.8) is 0 Å². The van der Waals surface area contributed by atoms with E-state index in [1.54, 1.807) is 48.8 Å². The molecule has 1 aliphatic rings. The second-order valence-corrected chi connectivity index (χ2v) is 5.29. The third kappa shape index (κ3) is 4.02. The van der Waals surface area contributed by atoms with E-state index in [-0.39, 0.29) is 11.7 Å². The number of phenols is 1. The maximum atomic E-state index is 9.84. The first-order valence-corrected chi connectivity index (χ1v) is 7.59. The van der Waals surface area contributed by atoms with Gasteiger partial charge in [-0.3, -0.25) is 0 Å². The Morgan fingerprint density at radius 3 is 2.46 bits per heavy atom. The van der Waals surface area contributed by atoms with Gasteiger partial charge in [-0.15, -0.1) is 0 Å². The average molecular weight is 319 g/mol. The number of allylic oxidation sites excluding steroid dienone is 2. The van der Waals surface area contributed by atoms with Gasteiger partial charge in [0.25, 0.3) is 0 Å². The fourth-order valence-electron chi connectivity index (χ4n) is 2.20. The SMILES string of the molecule is Oc1ccccc1/C=N/c1cccc(/N=C/C2C=CC=C[C@H]2O)n1. The minimum absolute atomic E-state index is 0.162. The number of benzene rings is 1. The number of aromatic nitrogens is 1. The Morgan fingerprint density at radius 2 is 1.67 bits per heavy atom. The van der Waals surface area contributed by atoms with Crippen molar-refractivity contribution in [3.8, 4) is 5.75 Å². The van der Waals surface area contributed by atoms with E-state index in [4.69, 9.17) is 0 Å². The molecule has 0 amide bonds. The Labute approximate surface area is 140 Å². The van der Waals surface area contributed by atoms with Crippen LogP contribution in [-0.2, 0) is 0 Å². The highest BCUT2D eigenvalue weighted by Gasteiger charge is 2.12. The summed E-state index contributed by atoms with van der Waals surface area (Å²) in [6.07, 6.45) is 9.95. The molecule has 1 aliphatic carbocycles. The number of aliphatic hydroxyl groups excluding tert-OH is 1. The van der Waals surface area contributed by atoms with Crippen LogP contribution in [0.25, 0.3) is 0 Å². The lowest BCUT2D eigenvalue weighted by atomic mass is 9.99. The second-order valence-electron chi connectivity index (χ2n) is 5.29. The molecule has 5 nitrogen and oxygen atoms in total. The zero-order valence-electron chi connectivity index (χ0n) is 12.9. The number of aliphatic hydroxyl groups is 1. The van der Waals surface area contributed by atoms with Gasteiger partial charge in [0.1, 0.15) is 5.75 Å². The van der Waals surface area contributed by atoms with Gasteiger partial charge in [0.2, 0.25) is 0 Å². The topological polar surface area (TPSA) is 78.1 Å². The molecule has 2 aromatic rings. The number of hydrogen-bond acceptors (Lipinski definition) is 5. The molecular formula is C19H17N3O2. The van der Waals surface area contributed by atoms with Gasteiger partial charge in [0.05, 0.1) is 6.10 Å². The molecule has 2 atom stereocenters. The number of aromatic hydroxyl groups is 1. The van der Waals surface area contributed by atoms with E-state index in [1.807, 2.05) is 30.4 Å². The summed E-state index contributed by atoms with van der Waals surface area (Å²) >= 11 is 0. The Kier molecular flexibility index (Phi) is 4.93. The summed E-state index contributed by atoms with van der Waals surface area (Å²) in [5, 5.41) is 19.6. The largest absolute Gasteiger partial charge is 0.507 e. The van der Waals surface area contributed by atoms with E-state index in [2.05, 4.69) is 15.0 Å². The van der Waals surface area contributed by atoms with E-state index in [9.17, 15) is 10.2 Å². The third-order valence-electron chi connectivity index (χ3n) is 3.52. The molecule has 1 aromatic heterocycles. The predicted molar refractivity (Wildman–Crippen MR) is 95.5 cm³/mol. The monoisotopic (exact) mass is 319 g/mol. The highest BCUT2D eigenvalue weighted by molar-refractivity contribution is 5.84. The van der Waals surface area contributed by atoms with Crippen LogP contribution in [0.1, 0.15) is 5.56 Å². The molecule has 0 saturated carbocycles. The molecule has 1 heterocycles. The molecule has 0 bridgehead atoms. The van der Waals surface area contributed by atoms with Gasteiger partial charge in [-0.05, 0) is 24.3 Å². The standard InChI is InChI=1S/C19H17N3O2/c23-16-8-3-1-6-14(16)12-20-18-10-5-11-19(22-18)21-13-15-7-2-4-9-17(15)24/h1-14,16,23-24H/b20-12+,21-13+/t14?,16-/m1/s1. The summed E-state index contributed by atoms with van der Waals surface area (Å²) in [6.45, 7) is 0.